The maximum Gasteiger partial charge on any atom is 1.00 e. The Labute approximate surface area is 102 Å². The van der Waals surface area contributed by atoms with Crippen molar-refractivity contribution in [1.29, 1.82) is 0 Å². The van der Waals surface area contributed by atoms with Gasteiger partial charge >= 0.3 is 29.6 Å². The van der Waals surface area contributed by atoms with Crippen molar-refractivity contribution in [2.45, 2.75) is 0 Å². The van der Waals surface area contributed by atoms with Crippen molar-refractivity contribution in [3.8, 4) is 0 Å². The summed E-state index contributed by atoms with van der Waals surface area (Å²) in [5.74, 6) is -3.73. The molecule has 66 valence electrons. The number of amides is 1. The SMILES string of the molecule is CNC(=O)CSP(=O)([O-])SC.[Na+]. The number of hydrogen-bond acceptors (Lipinski definition) is 5. The fourth-order valence-electron chi connectivity index (χ4n) is 0.263. The second kappa shape index (κ2) is 7.74. The third-order valence-corrected chi connectivity index (χ3v) is 6.98. The Kier molecular flexibility index (Phi) is 10.2. The largest absolute Gasteiger partial charge is 1.00 e. The van der Waals surface area contributed by atoms with E-state index in [-0.39, 0.29) is 41.2 Å². The summed E-state index contributed by atoms with van der Waals surface area (Å²) >= 11 is 1.42. The second-order valence-corrected chi connectivity index (χ2v) is 8.83. The van der Waals surface area contributed by atoms with Crippen LogP contribution in [0.4, 0.5) is 0 Å². The molecule has 0 aliphatic rings. The van der Waals surface area contributed by atoms with Gasteiger partial charge in [0.1, 0.15) is 5.77 Å². The van der Waals surface area contributed by atoms with Gasteiger partial charge in [-0.15, -0.1) is 11.4 Å². The molecule has 1 atom stereocenters. The molecular formula is C4H9NNaO3PS2. The van der Waals surface area contributed by atoms with E-state index < -0.39 is 5.77 Å². The van der Waals surface area contributed by atoms with Gasteiger partial charge in [0.25, 0.3) is 0 Å². The van der Waals surface area contributed by atoms with Gasteiger partial charge < -0.3 is 14.8 Å². The molecule has 12 heavy (non-hydrogen) atoms. The molecule has 0 aliphatic carbocycles. The number of carbonyl (C=O) groups excluding carboxylic acids is 1. The first kappa shape index (κ1) is 15.8. The standard InChI is InChI=1S/C4H10NO3PS2.Na/c1-5-4(6)3-11-9(7,8)10-2;/h3H2,1-2H3,(H,5,6)(H,7,8);/q;+1/p-1. The zero-order valence-corrected chi connectivity index (χ0v) is 11.7. The Hall–Kier alpha value is 1.36. The molecule has 0 radical (unpaired) electrons. The molecule has 0 aromatic rings. The summed E-state index contributed by atoms with van der Waals surface area (Å²) in [5.41, 5.74) is 0. The van der Waals surface area contributed by atoms with Crippen LogP contribution in [0.25, 0.3) is 0 Å². The van der Waals surface area contributed by atoms with Crippen molar-refractivity contribution in [3.63, 3.8) is 0 Å². The molecule has 0 spiro atoms. The van der Waals surface area contributed by atoms with E-state index in [0.717, 1.165) is 11.4 Å². The average Bonchev–Trinajstić information content (AvgIpc) is 2.00. The van der Waals surface area contributed by atoms with Crippen molar-refractivity contribution >= 4 is 34.4 Å². The van der Waals surface area contributed by atoms with Crippen molar-refractivity contribution in [1.82, 2.24) is 5.32 Å². The molecule has 0 rings (SSSR count). The van der Waals surface area contributed by atoms with Crippen LogP contribution >= 0.6 is 28.5 Å². The molecule has 0 saturated heterocycles. The van der Waals surface area contributed by atoms with Crippen LogP contribution < -0.4 is 39.8 Å². The first-order chi connectivity index (χ1) is 5.02. The Balaban J connectivity index is 0. The molecule has 0 saturated carbocycles. The number of rotatable bonds is 4. The third kappa shape index (κ3) is 7.98. The monoisotopic (exact) mass is 237 g/mol. The number of carbonyl (C=O) groups is 1. The molecule has 4 nitrogen and oxygen atoms in total. The van der Waals surface area contributed by atoms with Crippen molar-refractivity contribution in [2.24, 2.45) is 0 Å². The summed E-state index contributed by atoms with van der Waals surface area (Å²) in [5, 5.41) is 2.33. The first-order valence-electron chi connectivity index (χ1n) is 2.73. The minimum atomic E-state index is -3.42. The van der Waals surface area contributed by atoms with Crippen LogP contribution in [0.1, 0.15) is 0 Å². The van der Waals surface area contributed by atoms with E-state index >= 15 is 0 Å². The molecule has 0 bridgehead atoms. The summed E-state index contributed by atoms with van der Waals surface area (Å²) < 4.78 is 10.8. The summed E-state index contributed by atoms with van der Waals surface area (Å²) in [7, 11) is 1.47. The first-order valence-corrected chi connectivity index (χ1v) is 7.78. The molecule has 0 aromatic heterocycles. The average molecular weight is 237 g/mol. The quantitative estimate of drug-likeness (QED) is 0.425. The Morgan fingerprint density at radius 3 is 2.50 bits per heavy atom. The van der Waals surface area contributed by atoms with Gasteiger partial charge in [-0.1, -0.05) is 11.4 Å². The van der Waals surface area contributed by atoms with Crippen LogP contribution in [0.2, 0.25) is 0 Å². The molecule has 0 aliphatic heterocycles. The van der Waals surface area contributed by atoms with Crippen LogP contribution in [0.3, 0.4) is 0 Å². The minimum absolute atomic E-state index is 0. The molecule has 0 heterocycles. The van der Waals surface area contributed by atoms with Crippen LogP contribution in [0.5, 0.6) is 0 Å². The van der Waals surface area contributed by atoms with Gasteiger partial charge in [0.15, 0.2) is 0 Å². The topological polar surface area (TPSA) is 69.2 Å². The zero-order valence-electron chi connectivity index (χ0n) is 7.20. The van der Waals surface area contributed by atoms with E-state index in [1.54, 1.807) is 0 Å². The predicted molar refractivity (Wildman–Crippen MR) is 47.6 cm³/mol. The molecule has 1 amide bonds. The van der Waals surface area contributed by atoms with Gasteiger partial charge in [0.2, 0.25) is 5.91 Å². The van der Waals surface area contributed by atoms with E-state index in [2.05, 4.69) is 5.32 Å². The van der Waals surface area contributed by atoms with Gasteiger partial charge in [0.05, 0.1) is 5.75 Å². The predicted octanol–water partition coefficient (Wildman–Crippen LogP) is -2.70. The third-order valence-electron chi connectivity index (χ3n) is 0.856. The van der Waals surface area contributed by atoms with Gasteiger partial charge in [0, 0.05) is 7.05 Å². The van der Waals surface area contributed by atoms with E-state index in [1.165, 1.54) is 13.3 Å². The van der Waals surface area contributed by atoms with E-state index in [4.69, 9.17) is 0 Å². The van der Waals surface area contributed by atoms with E-state index in [1.807, 2.05) is 0 Å². The smallest absolute Gasteiger partial charge is 0.784 e. The van der Waals surface area contributed by atoms with Crippen molar-refractivity contribution in [3.05, 3.63) is 0 Å². The summed E-state index contributed by atoms with van der Waals surface area (Å²) in [6, 6.07) is 0. The molecule has 1 N–H and O–H groups in total. The summed E-state index contributed by atoms with van der Waals surface area (Å²) in [6.45, 7) is 0. The van der Waals surface area contributed by atoms with Gasteiger partial charge in [-0.3, -0.25) is 4.79 Å². The Morgan fingerprint density at radius 1 is 1.67 bits per heavy atom. The van der Waals surface area contributed by atoms with Gasteiger partial charge in [-0.05, 0) is 6.26 Å². The maximum absolute atomic E-state index is 10.8. The fraction of sp³-hybridized carbons (Fsp3) is 0.750. The molecule has 0 fully saturated rings. The normalized spacial score (nSPS) is 14.2. The van der Waals surface area contributed by atoms with Crippen LogP contribution in [-0.2, 0) is 9.36 Å². The van der Waals surface area contributed by atoms with Gasteiger partial charge in [-0.2, -0.15) is 0 Å². The minimum Gasteiger partial charge on any atom is -0.784 e. The van der Waals surface area contributed by atoms with Crippen molar-refractivity contribution in [2.75, 3.05) is 19.1 Å². The van der Waals surface area contributed by atoms with Crippen molar-refractivity contribution < 1.29 is 43.8 Å². The Morgan fingerprint density at radius 2 is 2.17 bits per heavy atom. The van der Waals surface area contributed by atoms with Crippen LogP contribution in [0.15, 0.2) is 0 Å². The summed E-state index contributed by atoms with van der Waals surface area (Å²) in [4.78, 5) is 21.4. The molecule has 8 heteroatoms. The van der Waals surface area contributed by atoms with E-state index in [9.17, 15) is 14.3 Å². The van der Waals surface area contributed by atoms with Crippen LogP contribution in [0, 0.1) is 0 Å². The summed E-state index contributed by atoms with van der Waals surface area (Å²) in [6.07, 6.45) is 1.48. The van der Waals surface area contributed by atoms with Gasteiger partial charge in [-0.25, -0.2) is 0 Å². The maximum atomic E-state index is 10.8. The molecule has 0 aromatic carbocycles. The Bertz CT molecular complexity index is 191. The fourth-order valence-corrected chi connectivity index (χ4v) is 3.35. The number of nitrogens with one attached hydrogen (secondary N) is 1. The molecule has 1 unspecified atom stereocenters. The number of hydrogen-bond donors (Lipinski definition) is 1. The second-order valence-electron chi connectivity index (χ2n) is 1.58. The molecular weight excluding hydrogens is 228 g/mol. The zero-order chi connectivity index (χ0) is 8.91. The van der Waals surface area contributed by atoms with E-state index in [0.29, 0.717) is 11.4 Å². The van der Waals surface area contributed by atoms with Crippen LogP contribution in [-0.4, -0.2) is 25.0 Å².